The topological polar surface area (TPSA) is 95.9 Å². The molecule has 6 nitrogen and oxygen atoms in total. The quantitative estimate of drug-likeness (QED) is 0.0247. The number of rotatable bonds is 43. The Morgan fingerprint density at radius 2 is 0.982 bits per heavy atom. The van der Waals surface area contributed by atoms with Crippen molar-refractivity contribution in [1.29, 1.82) is 0 Å². The van der Waals surface area contributed by atoms with Gasteiger partial charge in [-0.1, -0.05) is 211 Å². The molecule has 0 heterocycles. The minimum absolute atomic E-state index is 0.0331. The fourth-order valence-electron chi connectivity index (χ4n) is 7.15. The predicted molar refractivity (Wildman–Crippen MR) is 245 cm³/mol. The molecule has 0 aliphatic rings. The van der Waals surface area contributed by atoms with Gasteiger partial charge in [-0.25, -0.2) is 0 Å². The van der Waals surface area contributed by atoms with Gasteiger partial charge in [0.2, 0.25) is 5.91 Å². The highest BCUT2D eigenvalue weighted by atomic mass is 16.5. The lowest BCUT2D eigenvalue weighted by Gasteiger charge is -2.23. The molecule has 3 unspecified atom stereocenters. The van der Waals surface area contributed by atoms with Crippen molar-refractivity contribution in [3.8, 4) is 0 Å². The maximum Gasteiger partial charge on any atom is 0.306 e. The summed E-state index contributed by atoms with van der Waals surface area (Å²) < 4.78 is 5.81. The molecule has 0 fully saturated rings. The molecule has 0 aromatic heterocycles. The summed E-state index contributed by atoms with van der Waals surface area (Å²) in [7, 11) is 0. The van der Waals surface area contributed by atoms with E-state index in [1.807, 2.05) is 12.2 Å². The van der Waals surface area contributed by atoms with Gasteiger partial charge in [0.05, 0.1) is 25.2 Å². The average Bonchev–Trinajstić information content (AvgIpc) is 3.20. The van der Waals surface area contributed by atoms with Crippen molar-refractivity contribution in [3.05, 3.63) is 48.6 Å². The van der Waals surface area contributed by atoms with Crippen LogP contribution < -0.4 is 5.32 Å². The van der Waals surface area contributed by atoms with Crippen molar-refractivity contribution < 1.29 is 24.5 Å². The van der Waals surface area contributed by atoms with Gasteiger partial charge < -0.3 is 20.3 Å². The number of esters is 1. The molecule has 0 radical (unpaired) electrons. The largest absolute Gasteiger partial charge is 0.458 e. The fourth-order valence-corrected chi connectivity index (χ4v) is 7.15. The molecule has 0 aromatic carbocycles. The summed E-state index contributed by atoms with van der Waals surface area (Å²) in [6.07, 6.45) is 53.4. The number of nitrogens with one attached hydrogen (secondary N) is 1. The van der Waals surface area contributed by atoms with E-state index >= 15 is 0 Å². The molecule has 3 atom stereocenters. The van der Waals surface area contributed by atoms with Gasteiger partial charge in [-0.05, 0) is 63.9 Å². The molecule has 0 saturated carbocycles. The van der Waals surface area contributed by atoms with Gasteiger partial charge in [-0.2, -0.15) is 0 Å². The third-order valence-corrected chi connectivity index (χ3v) is 10.9. The minimum Gasteiger partial charge on any atom is -0.458 e. The van der Waals surface area contributed by atoms with Gasteiger partial charge in [0.25, 0.3) is 0 Å². The summed E-state index contributed by atoms with van der Waals surface area (Å²) >= 11 is 0. The monoisotopic (exact) mass is 800 g/mol. The van der Waals surface area contributed by atoms with E-state index in [4.69, 9.17) is 4.74 Å². The molecule has 6 heteroatoms. The normalized spacial score (nSPS) is 13.7. The van der Waals surface area contributed by atoms with E-state index in [0.717, 1.165) is 51.4 Å². The van der Waals surface area contributed by atoms with Gasteiger partial charge in [0.15, 0.2) is 0 Å². The second-order valence-electron chi connectivity index (χ2n) is 16.5. The lowest BCUT2D eigenvalue weighted by Crippen LogP contribution is -2.46. The highest BCUT2D eigenvalue weighted by molar-refractivity contribution is 5.78. The van der Waals surface area contributed by atoms with Gasteiger partial charge in [-0.3, -0.25) is 9.59 Å². The van der Waals surface area contributed by atoms with Crippen LogP contribution in [-0.4, -0.2) is 46.9 Å². The fraction of sp³-hybridized carbons (Fsp3) is 0.804. The molecule has 0 aliphatic carbocycles. The minimum atomic E-state index is -0.811. The van der Waals surface area contributed by atoms with E-state index in [1.165, 1.54) is 141 Å². The molecule has 0 rings (SSSR count). The number of hydrogen-bond donors (Lipinski definition) is 3. The molecule has 0 aliphatic heterocycles. The van der Waals surface area contributed by atoms with Gasteiger partial charge in [-0.15, -0.1) is 0 Å². The van der Waals surface area contributed by atoms with Gasteiger partial charge in [0, 0.05) is 6.42 Å². The van der Waals surface area contributed by atoms with Crippen LogP contribution in [0, 0.1) is 0 Å². The second-order valence-corrected chi connectivity index (χ2v) is 16.5. The Bertz CT molecular complexity index is 988. The standard InChI is InChI=1S/C51H93NO5/c1-4-7-10-13-16-19-22-24-25-26-29-32-35-38-41-44-51(56)57-47(42-39-36-33-30-27-21-18-15-12-9-6-3)45-50(55)52-48(46-53)49(54)43-40-37-34-31-28-23-20-17-14-11-8-5-2/h16,19,22,24,30,33,39,42,47-49,53-54H,4-15,17-18,20-21,23,25-29,31-32,34-38,40-41,43-46H2,1-3H3,(H,52,55)/b19-16+,24-22+,33-30-,42-39+. The first kappa shape index (κ1) is 54.8. The van der Waals surface area contributed by atoms with Crippen molar-refractivity contribution >= 4 is 11.9 Å². The van der Waals surface area contributed by atoms with Crippen molar-refractivity contribution in [2.75, 3.05) is 6.61 Å². The zero-order chi connectivity index (χ0) is 41.7. The highest BCUT2D eigenvalue weighted by Gasteiger charge is 2.23. The Kier molecular flexibility index (Phi) is 43.2. The molecule has 0 aromatic rings. The molecule has 1 amide bonds. The average molecular weight is 800 g/mol. The van der Waals surface area contributed by atoms with Crippen molar-refractivity contribution in [3.63, 3.8) is 0 Å². The number of carbonyl (C=O) groups is 2. The zero-order valence-electron chi connectivity index (χ0n) is 37.7. The summed E-state index contributed by atoms with van der Waals surface area (Å²) in [4.78, 5) is 26.0. The summed E-state index contributed by atoms with van der Waals surface area (Å²) in [5, 5.41) is 23.6. The summed E-state index contributed by atoms with van der Waals surface area (Å²) in [6, 6.07) is -0.733. The van der Waals surface area contributed by atoms with Crippen LogP contribution in [-0.2, 0) is 14.3 Å². The summed E-state index contributed by atoms with van der Waals surface area (Å²) in [5.74, 6) is -0.614. The first-order valence-electron chi connectivity index (χ1n) is 24.4. The van der Waals surface area contributed by atoms with E-state index in [0.29, 0.717) is 19.3 Å². The molecular formula is C51H93NO5. The second kappa shape index (κ2) is 44.9. The van der Waals surface area contributed by atoms with Gasteiger partial charge in [0.1, 0.15) is 6.10 Å². The van der Waals surface area contributed by atoms with E-state index < -0.39 is 18.2 Å². The van der Waals surface area contributed by atoms with Crippen LogP contribution in [0.4, 0.5) is 0 Å². The number of hydrogen-bond acceptors (Lipinski definition) is 5. The first-order valence-corrected chi connectivity index (χ1v) is 24.4. The molecule has 0 saturated heterocycles. The van der Waals surface area contributed by atoms with Crippen LogP contribution in [0.15, 0.2) is 48.6 Å². The van der Waals surface area contributed by atoms with E-state index in [-0.39, 0.29) is 24.9 Å². The Morgan fingerprint density at radius 1 is 0.544 bits per heavy atom. The van der Waals surface area contributed by atoms with Crippen molar-refractivity contribution in [1.82, 2.24) is 5.32 Å². The Morgan fingerprint density at radius 3 is 1.51 bits per heavy atom. The molecule has 3 N–H and O–H groups in total. The Hall–Kier alpha value is -2.18. The predicted octanol–water partition coefficient (Wildman–Crippen LogP) is 14.3. The zero-order valence-corrected chi connectivity index (χ0v) is 37.7. The van der Waals surface area contributed by atoms with Crippen LogP contribution in [0.2, 0.25) is 0 Å². The smallest absolute Gasteiger partial charge is 0.306 e. The summed E-state index contributed by atoms with van der Waals surface area (Å²) in [5.41, 5.74) is 0. The highest BCUT2D eigenvalue weighted by Crippen LogP contribution is 2.15. The van der Waals surface area contributed by atoms with Gasteiger partial charge >= 0.3 is 5.97 Å². The number of amides is 1. The van der Waals surface area contributed by atoms with E-state index in [2.05, 4.69) is 62.5 Å². The Labute approximate surface area is 353 Å². The molecule has 0 spiro atoms. The summed E-state index contributed by atoms with van der Waals surface area (Å²) in [6.45, 7) is 6.40. The van der Waals surface area contributed by atoms with E-state index in [1.54, 1.807) is 0 Å². The van der Waals surface area contributed by atoms with E-state index in [9.17, 15) is 19.8 Å². The number of allylic oxidation sites excluding steroid dienone is 7. The molecular weight excluding hydrogens is 707 g/mol. The lowest BCUT2D eigenvalue weighted by atomic mass is 10.0. The maximum atomic E-state index is 13.1. The van der Waals surface area contributed by atoms with Crippen molar-refractivity contribution in [2.45, 2.75) is 257 Å². The number of carbonyl (C=O) groups excluding carboxylic acids is 2. The van der Waals surface area contributed by atoms with Crippen LogP contribution in [0.3, 0.4) is 0 Å². The van der Waals surface area contributed by atoms with Crippen LogP contribution in [0.5, 0.6) is 0 Å². The number of unbranched alkanes of at least 4 members (excludes halogenated alkanes) is 26. The third kappa shape index (κ3) is 40.4. The van der Waals surface area contributed by atoms with Crippen LogP contribution in [0.25, 0.3) is 0 Å². The SMILES string of the molecule is CCCCC/C=C/C=C/CCCCCCCCC(=O)OC(/C=C/C/C=C\CCCCCCCC)CC(=O)NC(CO)C(O)CCCCCCCCCCCCCC. The number of aliphatic hydroxyl groups is 2. The first-order chi connectivity index (χ1) is 28.0. The third-order valence-electron chi connectivity index (χ3n) is 10.9. The van der Waals surface area contributed by atoms with Crippen molar-refractivity contribution in [2.24, 2.45) is 0 Å². The lowest BCUT2D eigenvalue weighted by molar-refractivity contribution is -0.148. The molecule has 0 bridgehead atoms. The molecule has 57 heavy (non-hydrogen) atoms. The maximum absolute atomic E-state index is 13.1. The Balaban J connectivity index is 4.65. The molecule has 332 valence electrons. The van der Waals surface area contributed by atoms with Crippen LogP contribution in [0.1, 0.15) is 239 Å². The van der Waals surface area contributed by atoms with Crippen LogP contribution >= 0.6 is 0 Å². The number of aliphatic hydroxyl groups excluding tert-OH is 2. The number of ether oxygens (including phenoxy) is 1.